The summed E-state index contributed by atoms with van der Waals surface area (Å²) in [4.78, 5) is 13.9. The molecule has 1 N–H and O–H groups in total. The molecule has 0 saturated carbocycles. The molecule has 1 unspecified atom stereocenters. The molecule has 26 heavy (non-hydrogen) atoms. The predicted octanol–water partition coefficient (Wildman–Crippen LogP) is 3.80. The van der Waals surface area contributed by atoms with E-state index in [9.17, 15) is 18.0 Å². The molecule has 0 spiro atoms. The van der Waals surface area contributed by atoms with Crippen LogP contribution >= 0.6 is 0 Å². The summed E-state index contributed by atoms with van der Waals surface area (Å²) in [5, 5.41) is 3.35. The Morgan fingerprint density at radius 1 is 1.12 bits per heavy atom. The van der Waals surface area contributed by atoms with Gasteiger partial charge in [0.05, 0.1) is 5.56 Å². The van der Waals surface area contributed by atoms with E-state index in [1.165, 1.54) is 18.2 Å². The van der Waals surface area contributed by atoms with Crippen molar-refractivity contribution < 1.29 is 22.7 Å². The predicted molar refractivity (Wildman–Crippen MR) is 92.0 cm³/mol. The Morgan fingerprint density at radius 2 is 1.81 bits per heavy atom. The first kappa shape index (κ1) is 18.1. The Labute approximate surface area is 149 Å². The van der Waals surface area contributed by atoms with Gasteiger partial charge in [-0.15, -0.1) is 0 Å². The van der Waals surface area contributed by atoms with Crippen LogP contribution in [0.4, 0.5) is 18.9 Å². The number of rotatable bonds is 5. The van der Waals surface area contributed by atoms with Gasteiger partial charge < -0.3 is 15.0 Å². The van der Waals surface area contributed by atoms with E-state index in [-0.39, 0.29) is 17.7 Å². The van der Waals surface area contributed by atoms with Gasteiger partial charge >= 0.3 is 6.18 Å². The minimum Gasteiger partial charge on any atom is -0.483 e. The number of hydrogen-bond acceptors (Lipinski definition) is 3. The SMILES string of the molecule is O=C(COc1ccccc1C(F)(F)F)N1CCC(Nc2ccccc2)C1. The average Bonchev–Trinajstić information content (AvgIpc) is 3.08. The van der Waals surface area contributed by atoms with Gasteiger partial charge in [-0.2, -0.15) is 13.2 Å². The normalized spacial score (nSPS) is 17.2. The number of halogens is 3. The fourth-order valence-corrected chi connectivity index (χ4v) is 2.93. The van der Waals surface area contributed by atoms with Crippen LogP contribution in [0.25, 0.3) is 0 Å². The van der Waals surface area contributed by atoms with Gasteiger partial charge in [0, 0.05) is 24.8 Å². The fourth-order valence-electron chi connectivity index (χ4n) is 2.93. The van der Waals surface area contributed by atoms with E-state index in [0.29, 0.717) is 13.1 Å². The second-order valence-corrected chi connectivity index (χ2v) is 6.12. The Bertz CT molecular complexity index is 750. The van der Waals surface area contributed by atoms with Crippen LogP contribution in [0.1, 0.15) is 12.0 Å². The summed E-state index contributed by atoms with van der Waals surface area (Å²) in [7, 11) is 0. The summed E-state index contributed by atoms with van der Waals surface area (Å²) in [6.45, 7) is 0.636. The zero-order chi connectivity index (χ0) is 18.6. The number of amides is 1. The van der Waals surface area contributed by atoms with E-state index in [2.05, 4.69) is 5.32 Å². The molecular formula is C19H19F3N2O2. The lowest BCUT2D eigenvalue weighted by Gasteiger charge is -2.19. The van der Waals surface area contributed by atoms with Crippen LogP contribution in [0.5, 0.6) is 5.75 Å². The van der Waals surface area contributed by atoms with Gasteiger partial charge in [-0.05, 0) is 30.7 Å². The molecule has 0 bridgehead atoms. The highest BCUT2D eigenvalue weighted by Crippen LogP contribution is 2.35. The minimum atomic E-state index is -4.52. The Morgan fingerprint density at radius 3 is 2.54 bits per heavy atom. The van der Waals surface area contributed by atoms with E-state index in [0.717, 1.165) is 18.2 Å². The van der Waals surface area contributed by atoms with E-state index in [1.807, 2.05) is 30.3 Å². The first-order chi connectivity index (χ1) is 12.4. The summed E-state index contributed by atoms with van der Waals surface area (Å²) in [5.41, 5.74) is 0.0972. The summed E-state index contributed by atoms with van der Waals surface area (Å²) in [6, 6.07) is 14.7. The molecule has 4 nitrogen and oxygen atoms in total. The van der Waals surface area contributed by atoms with E-state index >= 15 is 0 Å². The van der Waals surface area contributed by atoms with Crippen LogP contribution in [0, 0.1) is 0 Å². The molecule has 1 amide bonds. The second-order valence-electron chi connectivity index (χ2n) is 6.12. The Hall–Kier alpha value is -2.70. The number of hydrogen-bond donors (Lipinski definition) is 1. The highest BCUT2D eigenvalue weighted by atomic mass is 19.4. The fraction of sp³-hybridized carbons (Fsp3) is 0.316. The standard InChI is InChI=1S/C19H19F3N2O2/c20-19(21,22)16-8-4-5-9-17(16)26-13-18(25)24-11-10-15(12-24)23-14-6-2-1-3-7-14/h1-9,15,23H,10-13H2. The lowest BCUT2D eigenvalue weighted by atomic mass is 10.2. The number of benzene rings is 2. The third kappa shape index (κ3) is 4.47. The summed E-state index contributed by atoms with van der Waals surface area (Å²) in [6.07, 6.45) is -3.74. The number of anilines is 1. The summed E-state index contributed by atoms with van der Waals surface area (Å²) >= 11 is 0. The number of nitrogens with one attached hydrogen (secondary N) is 1. The Kier molecular flexibility index (Phi) is 5.35. The Balaban J connectivity index is 1.54. The second kappa shape index (κ2) is 7.68. The van der Waals surface area contributed by atoms with E-state index in [4.69, 9.17) is 4.74 Å². The molecule has 138 valence electrons. The van der Waals surface area contributed by atoms with Gasteiger partial charge in [-0.3, -0.25) is 4.79 Å². The summed E-state index contributed by atoms with van der Waals surface area (Å²) < 4.78 is 44.0. The highest BCUT2D eigenvalue weighted by Gasteiger charge is 2.34. The number of carbonyl (C=O) groups excluding carboxylic acids is 1. The van der Waals surface area contributed by atoms with Gasteiger partial charge in [0.1, 0.15) is 5.75 Å². The molecule has 3 rings (SSSR count). The maximum absolute atomic E-state index is 12.9. The van der Waals surface area contributed by atoms with Crippen LogP contribution in [-0.4, -0.2) is 36.5 Å². The first-order valence-electron chi connectivity index (χ1n) is 8.32. The van der Waals surface area contributed by atoms with Crippen molar-refractivity contribution in [3.8, 4) is 5.75 Å². The van der Waals surface area contributed by atoms with Crippen molar-refractivity contribution in [2.75, 3.05) is 25.0 Å². The van der Waals surface area contributed by atoms with Crippen LogP contribution < -0.4 is 10.1 Å². The smallest absolute Gasteiger partial charge is 0.419 e. The maximum Gasteiger partial charge on any atom is 0.419 e. The molecule has 0 radical (unpaired) electrons. The summed E-state index contributed by atoms with van der Waals surface area (Å²) in [5.74, 6) is -0.647. The number of carbonyl (C=O) groups is 1. The minimum absolute atomic E-state index is 0.115. The molecule has 1 aliphatic heterocycles. The quantitative estimate of drug-likeness (QED) is 0.878. The number of ether oxygens (including phenoxy) is 1. The van der Waals surface area contributed by atoms with Crippen molar-refractivity contribution in [2.24, 2.45) is 0 Å². The van der Waals surface area contributed by atoms with Crippen molar-refractivity contribution in [3.05, 3.63) is 60.2 Å². The molecule has 1 saturated heterocycles. The van der Waals surface area contributed by atoms with Crippen molar-refractivity contribution >= 4 is 11.6 Å². The molecule has 1 heterocycles. The van der Waals surface area contributed by atoms with Gasteiger partial charge in [0.15, 0.2) is 6.61 Å². The van der Waals surface area contributed by atoms with Crippen LogP contribution in [0.2, 0.25) is 0 Å². The van der Waals surface area contributed by atoms with Crippen LogP contribution in [0.3, 0.4) is 0 Å². The van der Waals surface area contributed by atoms with Crippen molar-refractivity contribution in [1.29, 1.82) is 0 Å². The third-order valence-corrected chi connectivity index (χ3v) is 4.23. The zero-order valence-corrected chi connectivity index (χ0v) is 14.0. The maximum atomic E-state index is 12.9. The molecule has 0 aromatic heterocycles. The molecule has 7 heteroatoms. The molecule has 2 aromatic rings. The van der Waals surface area contributed by atoms with Crippen LogP contribution in [0.15, 0.2) is 54.6 Å². The van der Waals surface area contributed by atoms with E-state index in [1.54, 1.807) is 4.90 Å². The molecule has 0 aliphatic carbocycles. The monoisotopic (exact) mass is 364 g/mol. The largest absolute Gasteiger partial charge is 0.483 e. The third-order valence-electron chi connectivity index (χ3n) is 4.23. The van der Waals surface area contributed by atoms with Crippen LogP contribution in [-0.2, 0) is 11.0 Å². The number of likely N-dealkylation sites (tertiary alicyclic amines) is 1. The van der Waals surface area contributed by atoms with Crippen molar-refractivity contribution in [2.45, 2.75) is 18.6 Å². The van der Waals surface area contributed by atoms with Gasteiger partial charge in [-0.25, -0.2) is 0 Å². The number of para-hydroxylation sites is 2. The van der Waals surface area contributed by atoms with Gasteiger partial charge in [0.25, 0.3) is 5.91 Å². The molecule has 1 atom stereocenters. The van der Waals surface area contributed by atoms with E-state index < -0.39 is 18.3 Å². The van der Waals surface area contributed by atoms with Crippen molar-refractivity contribution in [1.82, 2.24) is 4.90 Å². The average molecular weight is 364 g/mol. The van der Waals surface area contributed by atoms with Crippen molar-refractivity contribution in [3.63, 3.8) is 0 Å². The van der Waals surface area contributed by atoms with Gasteiger partial charge in [0.2, 0.25) is 0 Å². The lowest BCUT2D eigenvalue weighted by molar-refractivity contribution is -0.140. The first-order valence-corrected chi connectivity index (χ1v) is 8.32. The van der Waals surface area contributed by atoms with Gasteiger partial charge in [-0.1, -0.05) is 30.3 Å². The lowest BCUT2D eigenvalue weighted by Crippen LogP contribution is -2.35. The molecule has 1 aliphatic rings. The topological polar surface area (TPSA) is 41.6 Å². The highest BCUT2D eigenvalue weighted by molar-refractivity contribution is 5.78. The molecular weight excluding hydrogens is 345 g/mol. The number of alkyl halides is 3. The molecule has 1 fully saturated rings. The zero-order valence-electron chi connectivity index (χ0n) is 14.0. The molecule has 2 aromatic carbocycles. The number of nitrogens with zero attached hydrogens (tertiary/aromatic N) is 1.